The number of ether oxygens (including phenoxy) is 2. The number of carbonyl (C=O) groups excluding carboxylic acids is 5. The lowest BCUT2D eigenvalue weighted by Crippen LogP contribution is -2.43. The molecule has 0 unspecified atom stereocenters. The zero-order valence-corrected chi connectivity index (χ0v) is 17.5. The van der Waals surface area contributed by atoms with Crippen molar-refractivity contribution in [3.63, 3.8) is 0 Å². The number of amides is 1. The number of ketones is 1. The van der Waals surface area contributed by atoms with Crippen LogP contribution in [-0.4, -0.2) is 59.8 Å². The molecular formula is C18H30N2O7S. The topological polar surface area (TPSA) is 142 Å². The van der Waals surface area contributed by atoms with Crippen molar-refractivity contribution in [3.05, 3.63) is 0 Å². The second-order valence-corrected chi connectivity index (χ2v) is 6.90. The van der Waals surface area contributed by atoms with Crippen molar-refractivity contribution in [2.45, 2.75) is 65.0 Å². The van der Waals surface area contributed by atoms with Gasteiger partial charge in [-0.1, -0.05) is 18.7 Å². The molecule has 0 aromatic heterocycles. The SMILES string of the molecule is CCOC(=O)CCC(=O)[C@H](CSC(=O)CC)NC(=O)CC[C@H](N)C(=O)OCC. The average Bonchev–Trinajstić information content (AvgIpc) is 2.67. The maximum atomic E-state index is 12.4. The Morgan fingerprint density at radius 3 is 2.18 bits per heavy atom. The summed E-state index contributed by atoms with van der Waals surface area (Å²) < 4.78 is 9.55. The first-order chi connectivity index (χ1) is 13.2. The van der Waals surface area contributed by atoms with Gasteiger partial charge in [-0.15, -0.1) is 0 Å². The molecule has 0 fully saturated rings. The Morgan fingerprint density at radius 1 is 0.964 bits per heavy atom. The van der Waals surface area contributed by atoms with Gasteiger partial charge in [-0.05, 0) is 20.3 Å². The molecule has 0 saturated heterocycles. The first-order valence-electron chi connectivity index (χ1n) is 9.30. The molecule has 0 rings (SSSR count). The maximum absolute atomic E-state index is 12.4. The Hall–Kier alpha value is -1.94. The lowest BCUT2D eigenvalue weighted by molar-refractivity contribution is -0.145. The number of Topliss-reactive ketones (excluding diaryl/α,β-unsaturated/α-hetero) is 1. The van der Waals surface area contributed by atoms with Gasteiger partial charge in [-0.25, -0.2) is 0 Å². The predicted octanol–water partition coefficient (Wildman–Crippen LogP) is 0.724. The molecule has 0 aliphatic heterocycles. The number of carbonyl (C=O) groups is 5. The van der Waals surface area contributed by atoms with E-state index in [0.717, 1.165) is 11.8 Å². The van der Waals surface area contributed by atoms with Gasteiger partial charge in [0.2, 0.25) is 5.91 Å². The first-order valence-corrected chi connectivity index (χ1v) is 10.3. The highest BCUT2D eigenvalue weighted by Crippen LogP contribution is 2.11. The van der Waals surface area contributed by atoms with Crippen LogP contribution in [0, 0.1) is 0 Å². The van der Waals surface area contributed by atoms with Crippen molar-refractivity contribution in [1.29, 1.82) is 0 Å². The molecule has 0 aliphatic rings. The van der Waals surface area contributed by atoms with E-state index in [2.05, 4.69) is 5.32 Å². The van der Waals surface area contributed by atoms with E-state index in [1.165, 1.54) is 0 Å². The first kappa shape index (κ1) is 26.1. The molecule has 0 radical (unpaired) electrons. The smallest absolute Gasteiger partial charge is 0.322 e. The molecule has 160 valence electrons. The summed E-state index contributed by atoms with van der Waals surface area (Å²) in [5, 5.41) is 2.45. The molecule has 0 aromatic carbocycles. The highest BCUT2D eigenvalue weighted by Gasteiger charge is 2.24. The molecular weight excluding hydrogens is 388 g/mol. The van der Waals surface area contributed by atoms with Crippen molar-refractivity contribution in [2.75, 3.05) is 19.0 Å². The standard InChI is InChI=1S/C18H30N2O7S/c1-4-17(24)28-11-13(14(21)8-10-16(23)26-5-2)20-15(22)9-7-12(19)18(25)27-6-3/h12-13H,4-11,19H2,1-3H3,(H,20,22)/t12-,13-/m0/s1. The van der Waals surface area contributed by atoms with E-state index in [4.69, 9.17) is 15.2 Å². The van der Waals surface area contributed by atoms with E-state index < -0.39 is 29.9 Å². The molecule has 1 amide bonds. The second kappa shape index (κ2) is 15.0. The fourth-order valence-corrected chi connectivity index (χ4v) is 2.87. The highest BCUT2D eigenvalue weighted by molar-refractivity contribution is 8.13. The molecule has 0 heterocycles. The number of nitrogens with two attached hydrogens (primary N) is 1. The van der Waals surface area contributed by atoms with Gasteiger partial charge in [0, 0.05) is 25.0 Å². The maximum Gasteiger partial charge on any atom is 0.322 e. The van der Waals surface area contributed by atoms with Gasteiger partial charge in [0.05, 0.1) is 25.7 Å². The second-order valence-electron chi connectivity index (χ2n) is 5.83. The molecule has 0 aliphatic carbocycles. The summed E-state index contributed by atoms with van der Waals surface area (Å²) in [5.41, 5.74) is 5.65. The Kier molecular flexibility index (Phi) is 14.0. The van der Waals surface area contributed by atoms with Gasteiger partial charge in [0.15, 0.2) is 10.9 Å². The van der Waals surface area contributed by atoms with Crippen molar-refractivity contribution >= 4 is 40.5 Å². The van der Waals surface area contributed by atoms with Crippen LogP contribution in [0.5, 0.6) is 0 Å². The molecule has 0 saturated carbocycles. The van der Waals surface area contributed by atoms with E-state index in [-0.39, 0.29) is 55.5 Å². The van der Waals surface area contributed by atoms with Crippen LogP contribution in [0.15, 0.2) is 0 Å². The van der Waals surface area contributed by atoms with E-state index in [9.17, 15) is 24.0 Å². The lowest BCUT2D eigenvalue weighted by Gasteiger charge is -2.17. The number of rotatable bonds is 14. The van der Waals surface area contributed by atoms with Crippen molar-refractivity contribution in [3.8, 4) is 0 Å². The van der Waals surface area contributed by atoms with Crippen LogP contribution in [0.1, 0.15) is 52.9 Å². The Morgan fingerprint density at radius 2 is 1.61 bits per heavy atom. The van der Waals surface area contributed by atoms with Gasteiger partial charge in [0.25, 0.3) is 0 Å². The molecule has 28 heavy (non-hydrogen) atoms. The van der Waals surface area contributed by atoms with Crippen LogP contribution < -0.4 is 11.1 Å². The number of thioether (sulfide) groups is 1. The summed E-state index contributed by atoms with van der Waals surface area (Å²) in [6, 6.07) is -1.85. The normalized spacial score (nSPS) is 12.6. The zero-order chi connectivity index (χ0) is 21.5. The number of esters is 2. The summed E-state index contributed by atoms with van der Waals surface area (Å²) in [6.45, 7) is 5.42. The minimum atomic E-state index is -0.931. The number of hydrogen-bond donors (Lipinski definition) is 2. The van der Waals surface area contributed by atoms with E-state index >= 15 is 0 Å². The minimum absolute atomic E-state index is 0.0649. The van der Waals surface area contributed by atoms with Crippen LogP contribution in [-0.2, 0) is 33.4 Å². The third-order valence-electron chi connectivity index (χ3n) is 3.58. The predicted molar refractivity (Wildman–Crippen MR) is 104 cm³/mol. The summed E-state index contributed by atoms with van der Waals surface area (Å²) in [5.74, 6) is -1.87. The van der Waals surface area contributed by atoms with Gasteiger partial charge in [-0.2, -0.15) is 0 Å². The fraction of sp³-hybridized carbons (Fsp3) is 0.722. The van der Waals surface area contributed by atoms with Crippen molar-refractivity contribution in [2.24, 2.45) is 5.73 Å². The molecule has 0 aromatic rings. The van der Waals surface area contributed by atoms with Gasteiger partial charge in [0.1, 0.15) is 6.04 Å². The third kappa shape index (κ3) is 11.7. The van der Waals surface area contributed by atoms with Crippen LogP contribution in [0.2, 0.25) is 0 Å². The number of nitrogens with one attached hydrogen (secondary N) is 1. The molecule has 10 heteroatoms. The molecule has 0 bridgehead atoms. The van der Waals surface area contributed by atoms with E-state index in [0.29, 0.717) is 6.42 Å². The van der Waals surface area contributed by atoms with Gasteiger partial charge in [-0.3, -0.25) is 24.0 Å². The molecule has 2 atom stereocenters. The zero-order valence-electron chi connectivity index (χ0n) is 16.7. The highest BCUT2D eigenvalue weighted by atomic mass is 32.2. The van der Waals surface area contributed by atoms with Crippen LogP contribution in [0.25, 0.3) is 0 Å². The van der Waals surface area contributed by atoms with E-state index in [1.54, 1.807) is 20.8 Å². The van der Waals surface area contributed by atoms with Crippen LogP contribution in [0.3, 0.4) is 0 Å². The molecule has 0 spiro atoms. The number of hydrogen-bond acceptors (Lipinski definition) is 9. The van der Waals surface area contributed by atoms with Gasteiger partial charge < -0.3 is 20.5 Å². The largest absolute Gasteiger partial charge is 0.466 e. The minimum Gasteiger partial charge on any atom is -0.466 e. The fourth-order valence-electron chi connectivity index (χ4n) is 2.05. The Labute approximate surface area is 169 Å². The molecule has 9 nitrogen and oxygen atoms in total. The summed E-state index contributed by atoms with van der Waals surface area (Å²) >= 11 is 0.946. The van der Waals surface area contributed by atoms with Crippen molar-refractivity contribution in [1.82, 2.24) is 5.32 Å². The monoisotopic (exact) mass is 418 g/mol. The third-order valence-corrected chi connectivity index (χ3v) is 4.69. The average molecular weight is 419 g/mol. The molecule has 3 N–H and O–H groups in total. The summed E-state index contributed by atoms with van der Waals surface area (Å²) in [7, 11) is 0. The van der Waals surface area contributed by atoms with E-state index in [1.807, 2.05) is 0 Å². The lowest BCUT2D eigenvalue weighted by atomic mass is 10.1. The Balaban J connectivity index is 4.70. The van der Waals surface area contributed by atoms with Crippen molar-refractivity contribution < 1.29 is 33.4 Å². The Bertz CT molecular complexity index is 554. The quantitative estimate of drug-likeness (QED) is 0.390. The van der Waals surface area contributed by atoms with Crippen LogP contribution in [0.4, 0.5) is 0 Å². The summed E-state index contributed by atoms with van der Waals surface area (Å²) in [4.78, 5) is 58.9. The van der Waals surface area contributed by atoms with Gasteiger partial charge >= 0.3 is 11.9 Å². The summed E-state index contributed by atoms with van der Waals surface area (Å²) in [6.07, 6.45) is 0.0897. The van der Waals surface area contributed by atoms with Crippen LogP contribution >= 0.6 is 11.8 Å².